The molecule has 0 atom stereocenters. The summed E-state index contributed by atoms with van der Waals surface area (Å²) in [5, 5.41) is 0. The Balaban J connectivity index is 1.63. The SMILES string of the molecule is CCOc1cc(/C=C/C(=O)c2ccc(OCc3nccn3C)cc2)ccc1OC. The van der Waals surface area contributed by atoms with E-state index in [1.807, 2.05) is 42.9 Å². The van der Waals surface area contributed by atoms with Crippen molar-refractivity contribution in [2.75, 3.05) is 13.7 Å². The number of benzene rings is 2. The third-order valence-corrected chi connectivity index (χ3v) is 4.34. The molecule has 6 nitrogen and oxygen atoms in total. The van der Waals surface area contributed by atoms with E-state index >= 15 is 0 Å². The summed E-state index contributed by atoms with van der Waals surface area (Å²) in [5.74, 6) is 2.74. The average molecular weight is 392 g/mol. The van der Waals surface area contributed by atoms with E-state index in [1.54, 1.807) is 49.7 Å². The number of aryl methyl sites for hydroxylation is 1. The van der Waals surface area contributed by atoms with Crippen molar-refractivity contribution in [3.8, 4) is 17.2 Å². The summed E-state index contributed by atoms with van der Waals surface area (Å²) < 4.78 is 18.5. The van der Waals surface area contributed by atoms with E-state index in [1.165, 1.54) is 0 Å². The molecule has 0 fully saturated rings. The van der Waals surface area contributed by atoms with Crippen molar-refractivity contribution in [2.45, 2.75) is 13.5 Å². The molecule has 0 unspecified atom stereocenters. The topological polar surface area (TPSA) is 62.6 Å². The average Bonchev–Trinajstić information content (AvgIpc) is 3.16. The van der Waals surface area contributed by atoms with E-state index in [0.717, 1.165) is 11.4 Å². The molecule has 0 bridgehead atoms. The molecule has 3 rings (SSSR count). The minimum absolute atomic E-state index is 0.0885. The Hall–Kier alpha value is -3.54. The fourth-order valence-corrected chi connectivity index (χ4v) is 2.73. The molecule has 0 aliphatic carbocycles. The highest BCUT2D eigenvalue weighted by Gasteiger charge is 2.06. The summed E-state index contributed by atoms with van der Waals surface area (Å²) in [7, 11) is 3.51. The van der Waals surface area contributed by atoms with Crippen LogP contribution in [0, 0.1) is 0 Å². The first-order chi connectivity index (χ1) is 14.1. The van der Waals surface area contributed by atoms with Gasteiger partial charge in [-0.25, -0.2) is 4.98 Å². The van der Waals surface area contributed by atoms with Gasteiger partial charge in [-0.05, 0) is 55.0 Å². The van der Waals surface area contributed by atoms with E-state index in [2.05, 4.69) is 4.98 Å². The van der Waals surface area contributed by atoms with Crippen LogP contribution < -0.4 is 14.2 Å². The molecule has 3 aromatic rings. The first-order valence-electron chi connectivity index (χ1n) is 9.33. The Morgan fingerprint density at radius 1 is 1.10 bits per heavy atom. The molecular formula is C23H24N2O4. The number of ether oxygens (including phenoxy) is 3. The van der Waals surface area contributed by atoms with Crippen molar-refractivity contribution < 1.29 is 19.0 Å². The number of carbonyl (C=O) groups excluding carboxylic acids is 1. The molecule has 0 amide bonds. The molecular weight excluding hydrogens is 368 g/mol. The Morgan fingerprint density at radius 2 is 1.90 bits per heavy atom. The standard InChI is InChI=1S/C23H24N2O4/c1-4-28-22-15-17(6-12-21(22)27-3)5-11-20(26)18-7-9-19(10-8-18)29-16-23-24-13-14-25(23)2/h5-15H,4,16H2,1-3H3/b11-5+. The van der Waals surface area contributed by atoms with Gasteiger partial charge in [-0.2, -0.15) is 0 Å². The number of carbonyl (C=O) groups is 1. The number of ketones is 1. The molecule has 0 saturated carbocycles. The van der Waals surface area contributed by atoms with Crippen LogP contribution >= 0.6 is 0 Å². The lowest BCUT2D eigenvalue weighted by Crippen LogP contribution is -2.03. The Morgan fingerprint density at radius 3 is 2.55 bits per heavy atom. The van der Waals surface area contributed by atoms with Crippen molar-refractivity contribution in [2.24, 2.45) is 7.05 Å². The third kappa shape index (κ3) is 5.25. The minimum atomic E-state index is -0.0885. The number of hydrogen-bond acceptors (Lipinski definition) is 5. The second-order valence-corrected chi connectivity index (χ2v) is 6.31. The largest absolute Gasteiger partial charge is 0.493 e. The zero-order valence-corrected chi connectivity index (χ0v) is 16.8. The summed E-state index contributed by atoms with van der Waals surface area (Å²) in [6.45, 7) is 2.82. The second kappa shape index (κ2) is 9.59. The van der Waals surface area contributed by atoms with Crippen molar-refractivity contribution >= 4 is 11.9 Å². The lowest BCUT2D eigenvalue weighted by molar-refractivity contribution is 0.104. The molecule has 0 aliphatic heterocycles. The zero-order valence-electron chi connectivity index (χ0n) is 16.8. The lowest BCUT2D eigenvalue weighted by Gasteiger charge is -2.09. The summed E-state index contributed by atoms with van der Waals surface area (Å²) in [5.41, 5.74) is 1.45. The van der Waals surface area contributed by atoms with Gasteiger partial charge in [-0.1, -0.05) is 12.1 Å². The van der Waals surface area contributed by atoms with Crippen molar-refractivity contribution in [3.63, 3.8) is 0 Å². The third-order valence-electron chi connectivity index (χ3n) is 4.34. The van der Waals surface area contributed by atoms with Crippen LogP contribution in [0.15, 0.2) is 60.9 Å². The highest BCUT2D eigenvalue weighted by atomic mass is 16.5. The molecule has 0 aliphatic rings. The van der Waals surface area contributed by atoms with Gasteiger partial charge in [0, 0.05) is 25.0 Å². The maximum atomic E-state index is 12.5. The van der Waals surface area contributed by atoms with E-state index in [4.69, 9.17) is 14.2 Å². The molecule has 2 aromatic carbocycles. The van der Waals surface area contributed by atoms with Gasteiger partial charge in [0.1, 0.15) is 18.2 Å². The van der Waals surface area contributed by atoms with Gasteiger partial charge in [0.05, 0.1) is 13.7 Å². The highest BCUT2D eigenvalue weighted by Crippen LogP contribution is 2.28. The molecule has 1 aromatic heterocycles. The Labute approximate surface area is 170 Å². The van der Waals surface area contributed by atoms with E-state index in [0.29, 0.717) is 36.0 Å². The molecule has 0 radical (unpaired) electrons. The van der Waals surface area contributed by atoms with Gasteiger partial charge in [0.2, 0.25) is 0 Å². The first kappa shape index (κ1) is 20.2. The summed E-state index contributed by atoms with van der Waals surface area (Å²) >= 11 is 0. The monoisotopic (exact) mass is 392 g/mol. The molecule has 29 heavy (non-hydrogen) atoms. The molecule has 0 spiro atoms. The maximum absolute atomic E-state index is 12.5. The van der Waals surface area contributed by atoms with E-state index in [9.17, 15) is 4.79 Å². The number of imidazole rings is 1. The molecule has 6 heteroatoms. The predicted octanol–water partition coefficient (Wildman–Crippen LogP) is 4.30. The van der Waals surface area contributed by atoms with E-state index in [-0.39, 0.29) is 5.78 Å². The van der Waals surface area contributed by atoms with Gasteiger partial charge in [0.15, 0.2) is 17.3 Å². The predicted molar refractivity (Wildman–Crippen MR) is 112 cm³/mol. The van der Waals surface area contributed by atoms with Crippen molar-refractivity contribution in [1.29, 1.82) is 0 Å². The number of rotatable bonds is 9. The van der Waals surface area contributed by atoms with Crippen LogP contribution in [0.1, 0.15) is 28.7 Å². The summed E-state index contributed by atoms with van der Waals surface area (Å²) in [4.78, 5) is 16.7. The van der Waals surface area contributed by atoms with Crippen LogP contribution in [0.3, 0.4) is 0 Å². The van der Waals surface area contributed by atoms with Gasteiger partial charge in [0.25, 0.3) is 0 Å². The van der Waals surface area contributed by atoms with Gasteiger partial charge in [-0.15, -0.1) is 0 Å². The summed E-state index contributed by atoms with van der Waals surface area (Å²) in [6.07, 6.45) is 6.90. The van der Waals surface area contributed by atoms with Gasteiger partial charge in [-0.3, -0.25) is 4.79 Å². The fourth-order valence-electron chi connectivity index (χ4n) is 2.73. The quantitative estimate of drug-likeness (QED) is 0.401. The van der Waals surface area contributed by atoms with E-state index < -0.39 is 0 Å². The van der Waals surface area contributed by atoms with Crippen LogP contribution in [0.2, 0.25) is 0 Å². The number of allylic oxidation sites excluding steroid dienone is 1. The normalized spacial score (nSPS) is 10.9. The van der Waals surface area contributed by atoms with Crippen molar-refractivity contribution in [3.05, 3.63) is 77.9 Å². The number of methoxy groups -OCH3 is 1. The van der Waals surface area contributed by atoms with Gasteiger partial charge < -0.3 is 18.8 Å². The molecule has 1 heterocycles. The number of aromatic nitrogens is 2. The Bertz CT molecular complexity index is 990. The lowest BCUT2D eigenvalue weighted by atomic mass is 10.1. The number of nitrogens with zero attached hydrogens (tertiary/aromatic N) is 2. The fraction of sp³-hybridized carbons (Fsp3) is 0.217. The zero-order chi connectivity index (χ0) is 20.6. The maximum Gasteiger partial charge on any atom is 0.185 e. The van der Waals surface area contributed by atoms with Crippen LogP contribution in [-0.4, -0.2) is 29.1 Å². The van der Waals surface area contributed by atoms with Gasteiger partial charge >= 0.3 is 0 Å². The first-order valence-corrected chi connectivity index (χ1v) is 9.33. The van der Waals surface area contributed by atoms with Crippen molar-refractivity contribution in [1.82, 2.24) is 9.55 Å². The van der Waals surface area contributed by atoms with Crippen LogP contribution in [0.4, 0.5) is 0 Å². The number of hydrogen-bond donors (Lipinski definition) is 0. The minimum Gasteiger partial charge on any atom is -0.493 e. The van der Waals surface area contributed by atoms with Crippen LogP contribution in [0.25, 0.3) is 6.08 Å². The molecule has 0 N–H and O–H groups in total. The molecule has 0 saturated heterocycles. The van der Waals surface area contributed by atoms with Crippen LogP contribution in [-0.2, 0) is 13.7 Å². The van der Waals surface area contributed by atoms with Crippen LogP contribution in [0.5, 0.6) is 17.2 Å². The second-order valence-electron chi connectivity index (χ2n) is 6.31. The molecule has 150 valence electrons. The Kier molecular flexibility index (Phi) is 6.68. The summed E-state index contributed by atoms with van der Waals surface area (Å²) in [6, 6.07) is 12.6. The smallest absolute Gasteiger partial charge is 0.185 e. The highest BCUT2D eigenvalue weighted by molar-refractivity contribution is 6.06.